The molecule has 0 bridgehead atoms. The zero-order chi connectivity index (χ0) is 114. The third-order valence-corrected chi connectivity index (χ3v) is 20.5. The van der Waals surface area contributed by atoms with Gasteiger partial charge in [0.2, 0.25) is 0 Å². The van der Waals surface area contributed by atoms with Crippen LogP contribution in [0.4, 0.5) is 0 Å². The Morgan fingerprint density at radius 3 is 1.79 bits per heavy atom. The number of imidazole rings is 1. The van der Waals surface area contributed by atoms with Crippen LogP contribution in [0.3, 0.4) is 0 Å². The quantitative estimate of drug-likeness (QED) is 0.0529. The SMILES string of the molecule is [2H]c1c([2H])c([2H])c([Si](c2c([2H])c([2H])c([2H])c([2H])c2[2H])(c2c([2H])c([2H])c([2H])c([2H])c2[2H])c2c([2H])c([2H])c([2H])c(-c3cccc(-c4c([2H])c([2H])c5c(c4[2H])C(C([2H])([2H])[2H])(C([2H])([2H])[2H])C([2H])([2H])C([2H])([2H])C5(C([2H])([2H])[2H])C([2H])([2H])[2H])c3-[n+]3[c-]n(-c4[c-]c(Oc5[c-]c6c(cc5)c5ccccc5n6-c5cc(C([2H])([2H])[2H])c(-c6ccc7c(c6)C(C([2H])([2H])[2H])(C([2H])([2H])[2H])C([2H])([2H])C([2H])([2H])C7(C([2H])([2H])[2H])C([2H])([2H])[2H])cn5)ccc4)c4ccccc43)c2[2H])c([2H])c1[2H].[Pt]. The summed E-state index contributed by atoms with van der Waals surface area (Å²) in [6.45, 7) is -38.5. The molecule has 14 aromatic rings. The molecular weight excluding hydrogens is 1360 g/mol. The van der Waals surface area contributed by atoms with E-state index >= 15 is 0 Å². The first kappa shape index (κ1) is 25.5. The van der Waals surface area contributed by atoms with E-state index in [2.05, 4.69) is 23.4 Å². The molecular formula is C89H78N4OPtSi-2. The molecule has 0 fully saturated rings. The number of hydrogen-bond donors (Lipinski definition) is 0. The van der Waals surface area contributed by atoms with Crippen molar-refractivity contribution in [3.8, 4) is 62.1 Å². The number of ether oxygens (including phenoxy) is 1. The molecule has 0 radical (unpaired) electrons. The Morgan fingerprint density at radius 2 is 1.10 bits per heavy atom. The predicted octanol–water partition coefficient (Wildman–Crippen LogP) is 19.0. The van der Waals surface area contributed by atoms with E-state index in [0.29, 0.717) is 22.9 Å². The standard InChI is InChI=1S/C89H78N4OSi.Pt/c1-60-52-84(90-58-75(60)63-43-47-77-79(55-63)89(8,9)51-49-87(77,4)5)93-80-39-20-19-36-73(80)74-45-44-66(57-83(74)93)94-65-28-24-27-64(56-65)91-59-92(82-41-22-21-40-81(82)91)85-71(37-25-38-72(85)62-42-46-76-78(54-62)88(6,7)50-48-86(76,2)3)61-26-23-35-70(53-61)95(67-29-13-10-14-30-67,68-31-15-11-16-32-68)69-33-17-12-18-34-69;/h10-47,52-55,58H,48-51H2,1-9H3;/q-2;/i1D3,2D3,3D3,4D3,5D3,6D3,7D3,8D3,9D3,10D,11D,12D,13D,14D,15D,16D,17D,18D,23D,26D,29D,30D,31D,32D,33D,34D,35D,42D,46D,48D2,49D2,50D2,51D2,53D,54D;. The zero-order valence-electron chi connectivity index (χ0n) is 106. The van der Waals surface area contributed by atoms with E-state index in [4.69, 9.17) is 37.6 Å². The van der Waals surface area contributed by atoms with Crippen molar-refractivity contribution in [2.24, 2.45) is 0 Å². The van der Waals surface area contributed by atoms with Gasteiger partial charge >= 0.3 is 0 Å². The molecule has 0 N–H and O–H groups in total. The molecule has 2 aliphatic carbocycles. The molecule has 0 unspecified atom stereocenters. The van der Waals surface area contributed by atoms with Gasteiger partial charge in [0.25, 0.3) is 6.33 Å². The van der Waals surface area contributed by atoms with Gasteiger partial charge in [0.1, 0.15) is 5.82 Å². The maximum Gasteiger partial charge on any atom is 0.268 e. The minimum atomic E-state index is -6.83. The molecule has 0 saturated carbocycles. The maximum absolute atomic E-state index is 11.1. The fourth-order valence-electron chi connectivity index (χ4n) is 12.1. The largest absolute Gasteiger partial charge is 0.510 e. The Kier molecular flexibility index (Phi) is 6.38. The van der Waals surface area contributed by atoms with Gasteiger partial charge in [-0.05, 0) is 154 Å². The number of aryl methyl sites for hydroxylation is 1. The van der Waals surface area contributed by atoms with Crippen molar-refractivity contribution in [1.82, 2.24) is 14.1 Å². The molecule has 11 aromatic carbocycles. The first-order valence-electron chi connectivity index (χ1n) is 57.3. The Bertz CT molecular complexity index is 7880. The summed E-state index contributed by atoms with van der Waals surface area (Å²) in [5.41, 5.74) is -31.4. The van der Waals surface area contributed by atoms with E-state index in [9.17, 15) is 45.2 Å². The van der Waals surface area contributed by atoms with Crippen molar-refractivity contribution in [1.29, 1.82) is 0 Å². The Balaban J connectivity index is 0.0000174. The summed E-state index contributed by atoms with van der Waals surface area (Å²) in [7, 11) is -6.83. The van der Waals surface area contributed by atoms with Crippen LogP contribution < -0.4 is 30.1 Å². The number of rotatable bonds is 12. The normalized spacial score (nSPS) is 27.1. The van der Waals surface area contributed by atoms with Crippen molar-refractivity contribution in [3.05, 3.63) is 307 Å². The second-order valence-electron chi connectivity index (χ2n) is 22.2. The third kappa shape index (κ3) is 10.5. The number of nitrogens with zero attached hydrogens (tertiary/aromatic N) is 4. The van der Waals surface area contributed by atoms with Gasteiger partial charge in [-0.2, -0.15) is 18.2 Å². The van der Waals surface area contributed by atoms with Crippen LogP contribution >= 0.6 is 0 Å². The van der Waals surface area contributed by atoms with Crippen LogP contribution in [0.2, 0.25) is 0 Å². The van der Waals surface area contributed by atoms with Crippen molar-refractivity contribution >= 4 is 61.7 Å². The molecule has 96 heavy (non-hydrogen) atoms. The fraction of sp³-hybridized carbons (Fsp3) is 0.191. The predicted molar refractivity (Wildman–Crippen MR) is 395 cm³/mol. The molecule has 0 saturated heterocycles. The zero-order valence-corrected chi connectivity index (χ0v) is 52.4. The van der Waals surface area contributed by atoms with Crippen molar-refractivity contribution in [2.75, 3.05) is 0 Å². The van der Waals surface area contributed by atoms with Crippen LogP contribution in [0, 0.1) is 25.3 Å². The van der Waals surface area contributed by atoms with E-state index in [1.807, 2.05) is 0 Å². The van der Waals surface area contributed by atoms with Crippen molar-refractivity contribution < 1.29 is 109 Å². The van der Waals surface area contributed by atoms with Crippen LogP contribution in [0.15, 0.2) is 260 Å². The molecule has 3 aromatic heterocycles. The number of fused-ring (bicyclic) bond motifs is 6. The summed E-state index contributed by atoms with van der Waals surface area (Å²) in [6.07, 6.45) is -14.7. The van der Waals surface area contributed by atoms with E-state index < -0.39 is 337 Å². The number of benzene rings is 11. The second kappa shape index (κ2) is 24.0. The number of para-hydroxylation sites is 4. The second-order valence-corrected chi connectivity index (χ2v) is 25.7. The average Bonchev–Trinajstić information content (AvgIpc) is 0.846. The van der Waals surface area contributed by atoms with Crippen LogP contribution in [0.25, 0.3) is 83.4 Å². The van der Waals surface area contributed by atoms with Gasteiger partial charge < -0.3 is 13.9 Å². The first-order chi connectivity index (χ1) is 69.4. The van der Waals surface area contributed by atoms with Crippen molar-refractivity contribution in [3.63, 3.8) is 0 Å². The molecule has 7 heteroatoms. The maximum atomic E-state index is 11.1. The minimum absolute atomic E-state index is 0. The molecule has 0 spiro atoms. The van der Waals surface area contributed by atoms with Gasteiger partial charge in [-0.3, -0.25) is 4.57 Å². The van der Waals surface area contributed by atoms with E-state index in [-0.39, 0.29) is 66.1 Å². The first-order valence-corrected chi connectivity index (χ1v) is 30.8. The third-order valence-electron chi connectivity index (χ3n) is 16.5. The molecule has 3 heterocycles. The summed E-state index contributed by atoms with van der Waals surface area (Å²) >= 11 is 0. The summed E-state index contributed by atoms with van der Waals surface area (Å²) in [6, 6.07) is -0.772. The Labute approximate surface area is 661 Å². The average molecular weight is 1500 g/mol. The van der Waals surface area contributed by atoms with Gasteiger partial charge in [-0.15, -0.1) is 29.7 Å². The summed E-state index contributed by atoms with van der Waals surface area (Å²) in [4.78, 5) is 4.67. The van der Waals surface area contributed by atoms with Gasteiger partial charge in [0, 0.05) is 97.8 Å². The molecule has 0 atom stereocenters. The topological polar surface area (TPSA) is 35.9 Å². The summed E-state index contributed by atoms with van der Waals surface area (Å²) in [5, 5.41) is -4.57. The smallest absolute Gasteiger partial charge is 0.268 e. The number of pyridine rings is 1. The van der Waals surface area contributed by atoms with E-state index in [1.54, 1.807) is 24.3 Å². The van der Waals surface area contributed by atoms with Gasteiger partial charge in [-0.1, -0.05) is 272 Å². The van der Waals surface area contributed by atoms with Crippen LogP contribution in [0.1, 0.15) is 186 Å². The summed E-state index contributed by atoms with van der Waals surface area (Å²) in [5.74, 6) is -0.712. The van der Waals surface area contributed by atoms with Crippen LogP contribution in [0.5, 0.6) is 11.5 Å². The summed E-state index contributed by atoms with van der Waals surface area (Å²) < 4.78 is 542. The fourth-order valence-corrected chi connectivity index (χ4v) is 15.7. The molecule has 2 aliphatic rings. The van der Waals surface area contributed by atoms with Gasteiger partial charge in [0.15, 0.2) is 8.07 Å². The Hall–Kier alpha value is -9.45. The molecule has 0 aliphatic heterocycles. The monoisotopic (exact) mass is 1500 g/mol. The van der Waals surface area contributed by atoms with Crippen molar-refractivity contribution in [2.45, 2.75) is 109 Å². The van der Waals surface area contributed by atoms with Crippen LogP contribution in [-0.4, -0.2) is 22.2 Å². The van der Waals surface area contributed by atoms with E-state index in [1.165, 1.54) is 59.2 Å². The molecule has 16 rings (SSSR count). The van der Waals surface area contributed by atoms with Gasteiger partial charge in [-0.25, -0.2) is 4.98 Å². The molecule has 5 nitrogen and oxygen atoms in total. The van der Waals surface area contributed by atoms with Gasteiger partial charge in [0.05, 0.1) is 46.9 Å². The van der Waals surface area contributed by atoms with Crippen LogP contribution in [-0.2, 0) is 42.7 Å². The Morgan fingerprint density at radius 1 is 0.500 bits per heavy atom. The number of hydrogen-bond acceptors (Lipinski definition) is 2. The minimum Gasteiger partial charge on any atom is -0.510 e. The van der Waals surface area contributed by atoms with E-state index in [0.717, 1.165) is 45.7 Å². The molecule has 0 amide bonds. The molecule has 476 valence electrons. The number of aromatic nitrogens is 4.